The van der Waals surface area contributed by atoms with Crippen molar-refractivity contribution in [1.82, 2.24) is 0 Å². The molecule has 3 N–H and O–H groups in total. The van der Waals surface area contributed by atoms with Crippen molar-refractivity contribution in [3.63, 3.8) is 0 Å². The third-order valence-corrected chi connectivity index (χ3v) is 12.2. The van der Waals surface area contributed by atoms with Crippen LogP contribution in [-0.4, -0.2) is 11.0 Å². The monoisotopic (exact) mass is 465 g/mol. The van der Waals surface area contributed by atoms with Crippen LogP contribution in [0.15, 0.2) is 29.5 Å². The number of nitrogens with two attached hydrogens (primary N) is 1. The molecule has 0 bridgehead atoms. The number of hydrogen-bond acceptors (Lipinski definition) is 3. The van der Waals surface area contributed by atoms with Gasteiger partial charge in [-0.15, -0.1) is 0 Å². The van der Waals surface area contributed by atoms with Gasteiger partial charge in [0.05, 0.1) is 11.5 Å². The first-order valence-electron chi connectivity index (χ1n) is 13.6. The molecule has 4 heteroatoms. The Labute approximate surface area is 207 Å². The molecular formula is C30H47N3O. The zero-order chi connectivity index (χ0) is 25.1. The first kappa shape index (κ1) is 25.3. The van der Waals surface area contributed by atoms with E-state index in [0.717, 1.165) is 38.5 Å². The van der Waals surface area contributed by atoms with Crippen molar-refractivity contribution in [3.05, 3.63) is 24.3 Å². The van der Waals surface area contributed by atoms with Gasteiger partial charge in [-0.05, 0) is 117 Å². The van der Waals surface area contributed by atoms with Crippen molar-refractivity contribution < 1.29 is 5.21 Å². The number of hydrogen-bond donors (Lipinski definition) is 2. The van der Waals surface area contributed by atoms with Gasteiger partial charge in [0.2, 0.25) is 0 Å². The molecule has 4 saturated carbocycles. The zero-order valence-corrected chi connectivity index (χ0v) is 22.3. The lowest BCUT2D eigenvalue weighted by atomic mass is 9.34. The molecule has 0 aromatic heterocycles. The van der Waals surface area contributed by atoms with Crippen LogP contribution in [0.2, 0.25) is 0 Å². The fourth-order valence-corrected chi connectivity index (χ4v) is 10.3. The maximum Gasteiger partial charge on any atom is 0.139 e. The molecule has 4 fully saturated rings. The Kier molecular flexibility index (Phi) is 6.28. The molecule has 0 spiro atoms. The third kappa shape index (κ3) is 3.32. The standard InChI is InChI=1S/C30H47N3O/c1-19(2)21-10-15-30(18-31)17-16-28(6)23(26(21)30)8-9-24-27(5,13-12-25(32)33-34)22(20(3)4)11-14-29(24,28)7/h21-24,26,34H,1,3,8-17H2,2,4-7H3,(H2,32,33)/t21-,22-,23+,24+,26+,27-,28+,29+,30+/m0/s1. The Morgan fingerprint density at radius 3 is 2.29 bits per heavy atom. The molecule has 4 rings (SSSR count). The van der Waals surface area contributed by atoms with Crippen molar-refractivity contribution in [2.24, 2.45) is 62.1 Å². The molecule has 4 aliphatic carbocycles. The minimum absolute atomic E-state index is 0.0787. The summed E-state index contributed by atoms with van der Waals surface area (Å²) in [6, 6.07) is 2.87. The Morgan fingerprint density at radius 2 is 1.71 bits per heavy atom. The summed E-state index contributed by atoms with van der Waals surface area (Å²) in [6.45, 7) is 20.8. The summed E-state index contributed by atoms with van der Waals surface area (Å²) >= 11 is 0. The number of rotatable bonds is 5. The van der Waals surface area contributed by atoms with Gasteiger partial charge in [0.1, 0.15) is 5.84 Å². The molecule has 0 aliphatic heterocycles. The summed E-state index contributed by atoms with van der Waals surface area (Å²) in [5.74, 6) is 2.90. The number of nitrogens with zero attached hydrogens (tertiary/aromatic N) is 2. The lowest BCUT2D eigenvalue weighted by Crippen LogP contribution is -2.64. The van der Waals surface area contributed by atoms with Crippen LogP contribution < -0.4 is 5.73 Å². The van der Waals surface area contributed by atoms with E-state index >= 15 is 0 Å². The van der Waals surface area contributed by atoms with E-state index in [1.165, 1.54) is 30.4 Å². The largest absolute Gasteiger partial charge is 0.409 e. The van der Waals surface area contributed by atoms with E-state index in [-0.39, 0.29) is 21.7 Å². The second-order valence-electron chi connectivity index (χ2n) is 13.4. The lowest BCUT2D eigenvalue weighted by Gasteiger charge is -2.70. The number of oxime groups is 1. The Balaban J connectivity index is 1.76. The van der Waals surface area contributed by atoms with Crippen molar-refractivity contribution in [1.29, 1.82) is 5.26 Å². The van der Waals surface area contributed by atoms with Crippen LogP contribution in [0.1, 0.15) is 98.8 Å². The lowest BCUT2D eigenvalue weighted by molar-refractivity contribution is -0.209. The van der Waals surface area contributed by atoms with Gasteiger partial charge in [0.15, 0.2) is 0 Å². The predicted molar refractivity (Wildman–Crippen MR) is 139 cm³/mol. The maximum absolute atomic E-state index is 10.4. The molecule has 34 heavy (non-hydrogen) atoms. The minimum atomic E-state index is -0.152. The topological polar surface area (TPSA) is 82.4 Å². The Morgan fingerprint density at radius 1 is 1.00 bits per heavy atom. The van der Waals surface area contributed by atoms with Crippen LogP contribution in [0.25, 0.3) is 0 Å². The van der Waals surface area contributed by atoms with Crippen LogP contribution in [0.5, 0.6) is 0 Å². The average Bonchev–Trinajstić information content (AvgIpc) is 3.18. The summed E-state index contributed by atoms with van der Waals surface area (Å²) in [5.41, 5.74) is 8.90. The molecule has 4 aliphatic rings. The van der Waals surface area contributed by atoms with E-state index in [4.69, 9.17) is 5.73 Å². The first-order valence-corrected chi connectivity index (χ1v) is 13.6. The zero-order valence-electron chi connectivity index (χ0n) is 22.3. The molecule has 0 aromatic carbocycles. The van der Waals surface area contributed by atoms with Crippen LogP contribution in [-0.2, 0) is 0 Å². The van der Waals surface area contributed by atoms with E-state index in [1.807, 2.05) is 0 Å². The maximum atomic E-state index is 10.4. The average molecular weight is 466 g/mol. The fourth-order valence-electron chi connectivity index (χ4n) is 10.3. The molecule has 0 amide bonds. The number of allylic oxidation sites excluding steroid dienone is 2. The van der Waals surface area contributed by atoms with Crippen molar-refractivity contribution in [2.45, 2.75) is 98.8 Å². The Hall–Kier alpha value is -1.76. The fraction of sp³-hybridized carbons (Fsp3) is 0.800. The molecule has 188 valence electrons. The second kappa shape index (κ2) is 8.42. The van der Waals surface area contributed by atoms with E-state index in [0.29, 0.717) is 41.8 Å². The summed E-state index contributed by atoms with van der Waals surface area (Å²) in [6.07, 6.45) is 10.7. The smallest absolute Gasteiger partial charge is 0.139 e. The van der Waals surface area contributed by atoms with Gasteiger partial charge in [-0.3, -0.25) is 0 Å². The van der Waals surface area contributed by atoms with Crippen LogP contribution in [0, 0.1) is 62.6 Å². The van der Waals surface area contributed by atoms with Gasteiger partial charge in [0.25, 0.3) is 0 Å². The van der Waals surface area contributed by atoms with Crippen molar-refractivity contribution in [3.8, 4) is 6.07 Å². The molecule has 0 unspecified atom stereocenters. The second-order valence-corrected chi connectivity index (χ2v) is 13.4. The van der Waals surface area contributed by atoms with E-state index < -0.39 is 0 Å². The molecular weight excluding hydrogens is 418 g/mol. The van der Waals surface area contributed by atoms with Gasteiger partial charge in [0, 0.05) is 6.42 Å². The van der Waals surface area contributed by atoms with Crippen LogP contribution in [0.4, 0.5) is 0 Å². The van der Waals surface area contributed by atoms with Gasteiger partial charge in [-0.1, -0.05) is 50.2 Å². The van der Waals surface area contributed by atoms with Crippen LogP contribution >= 0.6 is 0 Å². The quantitative estimate of drug-likeness (QED) is 0.145. The van der Waals surface area contributed by atoms with Gasteiger partial charge in [-0.25, -0.2) is 0 Å². The molecule has 0 heterocycles. The van der Waals surface area contributed by atoms with Crippen molar-refractivity contribution >= 4 is 5.84 Å². The summed E-state index contributed by atoms with van der Waals surface area (Å²) in [4.78, 5) is 0. The predicted octanol–water partition coefficient (Wildman–Crippen LogP) is 7.45. The highest BCUT2D eigenvalue weighted by Gasteiger charge is 2.69. The van der Waals surface area contributed by atoms with E-state index in [1.54, 1.807) is 0 Å². The molecule has 0 aromatic rings. The number of nitriles is 1. The highest BCUT2D eigenvalue weighted by molar-refractivity contribution is 5.79. The van der Waals surface area contributed by atoms with Crippen molar-refractivity contribution in [2.75, 3.05) is 0 Å². The third-order valence-electron chi connectivity index (χ3n) is 12.2. The SMILES string of the molecule is C=C(C)[C@@H]1CC[C@]2(C#N)CC[C@]3(C)[C@H](CC[C@@H]4[C@@](C)(CC/C(N)=N/O)[C@H](C(=C)C)CC[C@]43C)[C@@H]12. The molecule has 4 nitrogen and oxygen atoms in total. The minimum Gasteiger partial charge on any atom is -0.409 e. The first-order chi connectivity index (χ1) is 15.9. The van der Waals surface area contributed by atoms with E-state index in [9.17, 15) is 10.5 Å². The number of fused-ring (bicyclic) bond motifs is 5. The molecule has 9 atom stereocenters. The summed E-state index contributed by atoms with van der Waals surface area (Å²) < 4.78 is 0. The van der Waals surface area contributed by atoms with Gasteiger partial charge < -0.3 is 10.9 Å². The van der Waals surface area contributed by atoms with E-state index in [2.05, 4.69) is 59.0 Å². The summed E-state index contributed by atoms with van der Waals surface area (Å²) in [7, 11) is 0. The van der Waals surface area contributed by atoms with Gasteiger partial charge >= 0.3 is 0 Å². The highest BCUT2D eigenvalue weighted by atomic mass is 16.4. The molecule has 0 saturated heterocycles. The highest BCUT2D eigenvalue weighted by Crippen LogP contribution is 2.76. The Bertz CT molecular complexity index is 932. The normalized spacial score (nSPS) is 48.2. The number of amidine groups is 1. The van der Waals surface area contributed by atoms with Gasteiger partial charge in [-0.2, -0.15) is 5.26 Å². The van der Waals surface area contributed by atoms with Crippen LogP contribution in [0.3, 0.4) is 0 Å². The summed E-state index contributed by atoms with van der Waals surface area (Å²) in [5, 5.41) is 22.9. The molecule has 0 radical (unpaired) electrons.